The van der Waals surface area contributed by atoms with Gasteiger partial charge in [-0.3, -0.25) is 5.43 Å². The van der Waals surface area contributed by atoms with E-state index in [1.54, 1.807) is 6.21 Å². The molecule has 2 aromatic carbocycles. The molecule has 0 unspecified atom stereocenters. The van der Waals surface area contributed by atoms with Crippen molar-refractivity contribution in [3.8, 4) is 0 Å². The van der Waals surface area contributed by atoms with E-state index in [0.717, 1.165) is 12.1 Å². The predicted octanol–water partition coefficient (Wildman–Crippen LogP) is 2.66. The van der Waals surface area contributed by atoms with Crippen molar-refractivity contribution < 1.29 is 0 Å². The normalized spacial score (nSPS) is 10.7. The highest BCUT2D eigenvalue weighted by Crippen LogP contribution is 2.16. The van der Waals surface area contributed by atoms with Crippen LogP contribution in [-0.2, 0) is 0 Å². The molecule has 0 saturated carbocycles. The lowest BCUT2D eigenvalue weighted by Gasteiger charge is -2.04. The summed E-state index contributed by atoms with van der Waals surface area (Å²) < 4.78 is 0. The van der Waals surface area contributed by atoms with Crippen molar-refractivity contribution in [1.29, 1.82) is 0 Å². The highest BCUT2D eigenvalue weighted by molar-refractivity contribution is 7.80. The molecule has 0 radical (unpaired) electrons. The fourth-order valence-corrected chi connectivity index (χ4v) is 1.92. The van der Waals surface area contributed by atoms with Gasteiger partial charge in [0, 0.05) is 12.1 Å². The maximum Gasteiger partial charge on any atom is 0.186 e. The summed E-state index contributed by atoms with van der Waals surface area (Å²) >= 11 is 5.03. The summed E-state index contributed by atoms with van der Waals surface area (Å²) in [6.07, 6.45) is 1.78. The number of hydrazone groups is 1. The van der Waals surface area contributed by atoms with Crippen LogP contribution >= 0.6 is 12.2 Å². The zero-order valence-electron chi connectivity index (χ0n) is 10.2. The summed E-state index contributed by atoms with van der Waals surface area (Å²) in [7, 11) is 0. The molecule has 2 rings (SSSR count). The molecular formula is C14H15N3S. The van der Waals surface area contributed by atoms with Crippen LogP contribution in [-0.4, -0.2) is 17.9 Å². The van der Waals surface area contributed by atoms with Crippen LogP contribution in [0.4, 0.5) is 0 Å². The standard InChI is InChI=1S/C14H15N3S/c1-2-15-14(18)17-16-10-12-8-5-7-11-6-3-4-9-13(11)12/h3-10H,2H2,1H3,(H2,15,17,18). The summed E-state index contributed by atoms with van der Waals surface area (Å²) in [6, 6.07) is 14.4. The van der Waals surface area contributed by atoms with Crippen LogP contribution in [0.1, 0.15) is 12.5 Å². The number of hydrogen-bond acceptors (Lipinski definition) is 2. The van der Waals surface area contributed by atoms with Crippen LogP contribution in [0.2, 0.25) is 0 Å². The van der Waals surface area contributed by atoms with E-state index in [9.17, 15) is 0 Å². The lowest BCUT2D eigenvalue weighted by molar-refractivity contribution is 0.904. The third-order valence-corrected chi connectivity index (χ3v) is 2.77. The minimum absolute atomic E-state index is 0.536. The molecule has 18 heavy (non-hydrogen) atoms. The van der Waals surface area contributed by atoms with Crippen molar-refractivity contribution in [2.75, 3.05) is 6.54 Å². The molecule has 0 spiro atoms. The van der Waals surface area contributed by atoms with Gasteiger partial charge < -0.3 is 5.32 Å². The van der Waals surface area contributed by atoms with Crippen molar-refractivity contribution in [3.05, 3.63) is 48.0 Å². The number of rotatable bonds is 3. The van der Waals surface area contributed by atoms with Crippen molar-refractivity contribution in [2.45, 2.75) is 6.92 Å². The molecule has 2 aromatic rings. The lowest BCUT2D eigenvalue weighted by atomic mass is 10.1. The zero-order valence-corrected chi connectivity index (χ0v) is 11.0. The first-order valence-corrected chi connectivity index (χ1v) is 6.26. The topological polar surface area (TPSA) is 36.4 Å². The molecule has 0 aliphatic heterocycles. The maximum absolute atomic E-state index is 5.03. The smallest absolute Gasteiger partial charge is 0.186 e. The van der Waals surface area contributed by atoms with Crippen LogP contribution in [0, 0.1) is 0 Å². The highest BCUT2D eigenvalue weighted by atomic mass is 32.1. The Hall–Kier alpha value is -1.94. The van der Waals surface area contributed by atoms with Crippen LogP contribution in [0.25, 0.3) is 10.8 Å². The molecule has 2 N–H and O–H groups in total. The molecule has 0 aromatic heterocycles. The molecule has 3 nitrogen and oxygen atoms in total. The van der Waals surface area contributed by atoms with E-state index in [1.807, 2.05) is 31.2 Å². The van der Waals surface area contributed by atoms with Crippen LogP contribution < -0.4 is 10.7 Å². The molecule has 0 bridgehead atoms. The van der Waals surface area contributed by atoms with E-state index in [1.165, 1.54) is 10.8 Å². The van der Waals surface area contributed by atoms with Crippen LogP contribution in [0.3, 0.4) is 0 Å². The lowest BCUT2D eigenvalue weighted by Crippen LogP contribution is -2.31. The quantitative estimate of drug-likeness (QED) is 0.504. The van der Waals surface area contributed by atoms with Gasteiger partial charge in [-0.05, 0) is 29.9 Å². The van der Waals surface area contributed by atoms with E-state index in [2.05, 4.69) is 34.0 Å². The first kappa shape index (κ1) is 12.5. The molecular weight excluding hydrogens is 242 g/mol. The Bertz CT molecular complexity index is 573. The molecule has 0 saturated heterocycles. The minimum atomic E-state index is 0.536. The second kappa shape index (κ2) is 6.12. The molecule has 0 fully saturated rings. The van der Waals surface area contributed by atoms with E-state index in [4.69, 9.17) is 12.2 Å². The minimum Gasteiger partial charge on any atom is -0.362 e. The Morgan fingerprint density at radius 3 is 2.83 bits per heavy atom. The number of fused-ring (bicyclic) bond motifs is 1. The van der Waals surface area contributed by atoms with Gasteiger partial charge in [-0.15, -0.1) is 0 Å². The molecule has 0 aliphatic rings. The van der Waals surface area contributed by atoms with Crippen molar-refractivity contribution in [2.24, 2.45) is 5.10 Å². The number of thiocarbonyl (C=S) groups is 1. The van der Waals surface area contributed by atoms with Gasteiger partial charge in [0.25, 0.3) is 0 Å². The summed E-state index contributed by atoms with van der Waals surface area (Å²) in [5, 5.41) is 10.0. The van der Waals surface area contributed by atoms with Crippen molar-refractivity contribution >= 4 is 34.3 Å². The third-order valence-electron chi connectivity index (χ3n) is 2.53. The van der Waals surface area contributed by atoms with Gasteiger partial charge in [0.15, 0.2) is 5.11 Å². The Kier molecular flexibility index (Phi) is 4.25. The van der Waals surface area contributed by atoms with Gasteiger partial charge in [-0.2, -0.15) is 5.10 Å². The zero-order chi connectivity index (χ0) is 12.8. The molecule has 0 heterocycles. The van der Waals surface area contributed by atoms with Crippen molar-refractivity contribution in [3.63, 3.8) is 0 Å². The SMILES string of the molecule is CCNC(=S)NN=Cc1cccc2ccccc12. The fraction of sp³-hybridized carbons (Fsp3) is 0.143. The Morgan fingerprint density at radius 1 is 1.22 bits per heavy atom. The highest BCUT2D eigenvalue weighted by Gasteiger charge is 1.96. The molecule has 0 amide bonds. The summed E-state index contributed by atoms with van der Waals surface area (Å²) in [4.78, 5) is 0. The van der Waals surface area contributed by atoms with E-state index < -0.39 is 0 Å². The molecule has 0 atom stereocenters. The first-order valence-electron chi connectivity index (χ1n) is 5.86. The van der Waals surface area contributed by atoms with Gasteiger partial charge in [-0.25, -0.2) is 0 Å². The third kappa shape index (κ3) is 3.05. The fourth-order valence-electron chi connectivity index (χ4n) is 1.72. The van der Waals surface area contributed by atoms with Gasteiger partial charge in [0.1, 0.15) is 0 Å². The van der Waals surface area contributed by atoms with Crippen molar-refractivity contribution in [1.82, 2.24) is 10.7 Å². The Labute approximate surface area is 112 Å². The molecule has 4 heteroatoms. The number of nitrogens with zero attached hydrogens (tertiary/aromatic N) is 1. The summed E-state index contributed by atoms with van der Waals surface area (Å²) in [6.45, 7) is 2.78. The molecule has 0 aliphatic carbocycles. The van der Waals surface area contributed by atoms with Gasteiger partial charge in [-0.1, -0.05) is 42.5 Å². The maximum atomic E-state index is 5.03. The summed E-state index contributed by atoms with van der Waals surface area (Å²) in [5.41, 5.74) is 3.86. The Morgan fingerprint density at radius 2 is 2.00 bits per heavy atom. The predicted molar refractivity (Wildman–Crippen MR) is 81.0 cm³/mol. The molecule has 92 valence electrons. The average molecular weight is 257 g/mol. The van der Waals surface area contributed by atoms with E-state index >= 15 is 0 Å². The average Bonchev–Trinajstić information content (AvgIpc) is 2.39. The van der Waals surface area contributed by atoms with Gasteiger partial charge in [0.2, 0.25) is 0 Å². The number of benzene rings is 2. The van der Waals surface area contributed by atoms with Crippen LogP contribution in [0.15, 0.2) is 47.6 Å². The monoisotopic (exact) mass is 257 g/mol. The second-order valence-corrected chi connectivity index (χ2v) is 4.21. The summed E-state index contributed by atoms with van der Waals surface area (Å²) in [5.74, 6) is 0. The van der Waals surface area contributed by atoms with Gasteiger partial charge >= 0.3 is 0 Å². The number of nitrogens with one attached hydrogen (secondary N) is 2. The first-order chi connectivity index (χ1) is 8.81. The van der Waals surface area contributed by atoms with Gasteiger partial charge in [0.05, 0.1) is 6.21 Å². The van der Waals surface area contributed by atoms with E-state index in [0.29, 0.717) is 5.11 Å². The Balaban J connectivity index is 2.16. The van der Waals surface area contributed by atoms with Crippen LogP contribution in [0.5, 0.6) is 0 Å². The largest absolute Gasteiger partial charge is 0.362 e. The van der Waals surface area contributed by atoms with E-state index in [-0.39, 0.29) is 0 Å². The second-order valence-electron chi connectivity index (χ2n) is 3.80. The number of hydrogen-bond donors (Lipinski definition) is 2.